The number of nitrogens with zero attached hydrogens (tertiary/aromatic N) is 2. The van der Waals surface area contributed by atoms with Crippen molar-refractivity contribution >= 4 is 40.3 Å². The van der Waals surface area contributed by atoms with Gasteiger partial charge in [-0.3, -0.25) is 0 Å². The molecule has 0 aliphatic heterocycles. The van der Waals surface area contributed by atoms with E-state index in [4.69, 9.17) is 30.6 Å². The lowest BCUT2D eigenvalue weighted by Gasteiger charge is -2.15. The first-order chi connectivity index (χ1) is 16.5. The maximum absolute atomic E-state index is 11.0. The van der Waals surface area contributed by atoms with Crippen LogP contribution in [0.2, 0.25) is 5.02 Å². The van der Waals surface area contributed by atoms with Gasteiger partial charge in [-0.2, -0.15) is 5.26 Å². The van der Waals surface area contributed by atoms with Crippen LogP contribution in [0.5, 0.6) is 11.5 Å². The van der Waals surface area contributed by atoms with Gasteiger partial charge in [-0.15, -0.1) is 0 Å². The minimum atomic E-state index is -0.993. The lowest BCUT2D eigenvalue weighted by Crippen LogP contribution is -2.02. The summed E-state index contributed by atoms with van der Waals surface area (Å²) in [5, 5.41) is 19.0. The van der Waals surface area contributed by atoms with Crippen LogP contribution in [0.3, 0.4) is 0 Å². The molecule has 0 atom stereocenters. The third-order valence-corrected chi connectivity index (χ3v) is 5.15. The Hall–Kier alpha value is -4.28. The van der Waals surface area contributed by atoms with Gasteiger partial charge in [0.1, 0.15) is 23.8 Å². The molecule has 0 aliphatic carbocycles. The van der Waals surface area contributed by atoms with Gasteiger partial charge in [0.2, 0.25) is 5.89 Å². The first-order valence-corrected chi connectivity index (χ1v) is 10.8. The fourth-order valence-corrected chi connectivity index (χ4v) is 3.54. The molecule has 0 amide bonds. The third kappa shape index (κ3) is 5.03. The summed E-state index contributed by atoms with van der Waals surface area (Å²) < 4.78 is 17.3. The summed E-state index contributed by atoms with van der Waals surface area (Å²) in [7, 11) is 0. The summed E-state index contributed by atoms with van der Waals surface area (Å²) in [4.78, 5) is 15.4. The summed E-state index contributed by atoms with van der Waals surface area (Å²) in [5.74, 6) is -0.0168. The second-order valence-electron chi connectivity index (χ2n) is 7.21. The molecule has 1 heterocycles. The van der Waals surface area contributed by atoms with Gasteiger partial charge in [0.25, 0.3) is 0 Å². The monoisotopic (exact) mass is 474 g/mol. The molecular weight excluding hydrogens is 456 g/mol. The Morgan fingerprint density at radius 1 is 1.18 bits per heavy atom. The van der Waals surface area contributed by atoms with Gasteiger partial charge in [-0.25, -0.2) is 9.78 Å². The van der Waals surface area contributed by atoms with Gasteiger partial charge < -0.3 is 19.0 Å². The predicted molar refractivity (Wildman–Crippen MR) is 128 cm³/mol. The fraction of sp³-hybridized carbons (Fsp3) is 0.115. The van der Waals surface area contributed by atoms with Crippen LogP contribution < -0.4 is 9.47 Å². The molecular formula is C26H19ClN2O5. The minimum Gasteiger partial charge on any atom is -0.490 e. The van der Waals surface area contributed by atoms with Crippen LogP contribution in [-0.4, -0.2) is 22.7 Å². The zero-order valence-electron chi connectivity index (χ0n) is 18.1. The Labute approximate surface area is 200 Å². The van der Waals surface area contributed by atoms with Crippen LogP contribution in [0, 0.1) is 11.3 Å². The second-order valence-corrected chi connectivity index (χ2v) is 7.62. The van der Waals surface area contributed by atoms with Crippen molar-refractivity contribution in [3.8, 4) is 17.6 Å². The molecule has 1 N–H and O–H groups in total. The van der Waals surface area contributed by atoms with Gasteiger partial charge in [0.05, 0.1) is 17.2 Å². The number of oxazole rings is 1. The number of halogens is 1. The molecule has 4 aromatic rings. The molecule has 0 fully saturated rings. The van der Waals surface area contributed by atoms with E-state index >= 15 is 0 Å². The molecule has 3 aromatic carbocycles. The Balaban J connectivity index is 1.62. The average Bonchev–Trinajstić information content (AvgIpc) is 3.26. The number of aromatic carboxylic acids is 1. The van der Waals surface area contributed by atoms with Crippen LogP contribution in [0.15, 0.2) is 65.1 Å². The van der Waals surface area contributed by atoms with Gasteiger partial charge in [0.15, 0.2) is 17.1 Å². The van der Waals surface area contributed by atoms with Crippen LogP contribution in [0.4, 0.5) is 0 Å². The molecule has 7 nitrogen and oxygen atoms in total. The highest BCUT2D eigenvalue weighted by molar-refractivity contribution is 6.32. The third-order valence-electron chi connectivity index (χ3n) is 4.87. The highest BCUT2D eigenvalue weighted by Gasteiger charge is 2.15. The Kier molecular flexibility index (Phi) is 6.81. The van der Waals surface area contributed by atoms with E-state index in [0.29, 0.717) is 39.8 Å². The van der Waals surface area contributed by atoms with Gasteiger partial charge in [-0.05, 0) is 60.5 Å². The van der Waals surface area contributed by atoms with Crippen LogP contribution in [0.25, 0.3) is 22.7 Å². The number of carbonyl (C=O) groups is 1. The smallest absolute Gasteiger partial charge is 0.335 e. The Morgan fingerprint density at radius 3 is 2.62 bits per heavy atom. The van der Waals surface area contributed by atoms with E-state index in [0.717, 1.165) is 5.56 Å². The van der Waals surface area contributed by atoms with E-state index in [-0.39, 0.29) is 23.6 Å². The van der Waals surface area contributed by atoms with Crippen LogP contribution >= 0.6 is 11.6 Å². The number of aromatic nitrogens is 1. The van der Waals surface area contributed by atoms with Crippen molar-refractivity contribution in [2.45, 2.75) is 13.5 Å². The second kappa shape index (κ2) is 10.1. The number of para-hydroxylation sites is 2. The van der Waals surface area contributed by atoms with Gasteiger partial charge in [-0.1, -0.05) is 35.9 Å². The summed E-state index contributed by atoms with van der Waals surface area (Å²) in [6.45, 7) is 2.38. The molecule has 0 bridgehead atoms. The summed E-state index contributed by atoms with van der Waals surface area (Å²) in [6.07, 6.45) is 1.62. The largest absolute Gasteiger partial charge is 0.490 e. The number of carboxylic acids is 1. The predicted octanol–water partition coefficient (Wildman–Crippen LogP) is 6.22. The average molecular weight is 475 g/mol. The molecule has 170 valence electrons. The standard InChI is InChI=1S/C26H19ClN2O5/c1-2-32-23-13-17(11-19(14-28)25-29-21-5-3-4-6-22(21)34-25)12-20(27)24(23)33-15-16-7-9-18(10-8-16)26(30)31/h3-13H,2,15H2,1H3,(H,30,31)/b19-11+. The van der Waals surface area contributed by atoms with Gasteiger partial charge >= 0.3 is 5.97 Å². The van der Waals surface area contributed by atoms with E-state index < -0.39 is 5.97 Å². The highest BCUT2D eigenvalue weighted by Crippen LogP contribution is 2.38. The molecule has 4 rings (SSSR count). The zero-order chi connectivity index (χ0) is 24.1. The number of rotatable bonds is 8. The lowest BCUT2D eigenvalue weighted by atomic mass is 10.1. The molecule has 8 heteroatoms. The Bertz CT molecular complexity index is 1380. The summed E-state index contributed by atoms with van der Waals surface area (Å²) in [6, 6.07) is 19.1. The first-order valence-electron chi connectivity index (χ1n) is 10.4. The van der Waals surface area contributed by atoms with E-state index in [2.05, 4.69) is 11.1 Å². The quantitative estimate of drug-likeness (QED) is 0.302. The van der Waals surface area contributed by atoms with E-state index in [9.17, 15) is 10.1 Å². The summed E-state index contributed by atoms with van der Waals surface area (Å²) in [5.41, 5.74) is 3.07. The SMILES string of the molecule is CCOc1cc(/C=C(\C#N)c2nc3ccccc3o2)cc(Cl)c1OCc1ccc(C(=O)O)cc1. The molecule has 0 unspecified atom stereocenters. The van der Waals surface area contributed by atoms with Crippen molar-refractivity contribution in [2.75, 3.05) is 6.61 Å². The molecule has 0 spiro atoms. The number of ether oxygens (including phenoxy) is 2. The number of benzene rings is 3. The lowest BCUT2D eigenvalue weighted by molar-refractivity contribution is 0.0697. The fourth-order valence-electron chi connectivity index (χ4n) is 3.27. The van der Waals surface area contributed by atoms with E-state index in [1.54, 1.807) is 36.4 Å². The van der Waals surface area contributed by atoms with Crippen LogP contribution in [-0.2, 0) is 6.61 Å². The molecule has 0 aliphatic rings. The molecule has 0 saturated heterocycles. The minimum absolute atomic E-state index is 0.168. The van der Waals surface area contributed by atoms with Crippen molar-refractivity contribution in [3.05, 3.63) is 88.3 Å². The number of fused-ring (bicyclic) bond motifs is 1. The maximum atomic E-state index is 11.0. The van der Waals surface area contributed by atoms with E-state index in [1.165, 1.54) is 12.1 Å². The number of carboxylic acid groups (broad SMARTS) is 1. The zero-order valence-corrected chi connectivity index (χ0v) is 18.9. The van der Waals surface area contributed by atoms with Crippen molar-refractivity contribution in [3.63, 3.8) is 0 Å². The first kappa shape index (κ1) is 22.9. The normalized spacial score (nSPS) is 11.3. The van der Waals surface area contributed by atoms with Gasteiger partial charge in [0, 0.05) is 0 Å². The highest BCUT2D eigenvalue weighted by atomic mass is 35.5. The molecule has 34 heavy (non-hydrogen) atoms. The number of hydrogen-bond acceptors (Lipinski definition) is 6. The number of nitriles is 1. The molecule has 1 aromatic heterocycles. The van der Waals surface area contributed by atoms with Crippen molar-refractivity contribution in [1.29, 1.82) is 5.26 Å². The summed E-state index contributed by atoms with van der Waals surface area (Å²) >= 11 is 6.51. The van der Waals surface area contributed by atoms with Crippen molar-refractivity contribution in [1.82, 2.24) is 4.98 Å². The number of hydrogen-bond donors (Lipinski definition) is 1. The van der Waals surface area contributed by atoms with Crippen molar-refractivity contribution < 1.29 is 23.8 Å². The van der Waals surface area contributed by atoms with Crippen LogP contribution in [0.1, 0.15) is 34.3 Å². The van der Waals surface area contributed by atoms with Crippen molar-refractivity contribution in [2.24, 2.45) is 0 Å². The molecule has 0 radical (unpaired) electrons. The van der Waals surface area contributed by atoms with E-state index in [1.807, 2.05) is 25.1 Å². The topological polar surface area (TPSA) is 106 Å². The number of allylic oxidation sites excluding steroid dienone is 1. The maximum Gasteiger partial charge on any atom is 0.335 e. The molecule has 0 saturated carbocycles. The Morgan fingerprint density at radius 2 is 1.94 bits per heavy atom.